The molecule has 17 heavy (non-hydrogen) atoms. The van der Waals surface area contributed by atoms with E-state index in [9.17, 15) is 9.18 Å². The van der Waals surface area contributed by atoms with Crippen molar-refractivity contribution in [2.75, 3.05) is 6.54 Å². The Hall–Kier alpha value is -0.780. The summed E-state index contributed by atoms with van der Waals surface area (Å²) in [5.74, 6) is -0.836. The first-order chi connectivity index (χ1) is 8.13. The molecule has 1 fully saturated rings. The maximum atomic E-state index is 13.7. The van der Waals surface area contributed by atoms with Crippen molar-refractivity contribution in [1.82, 2.24) is 0 Å². The zero-order valence-electron chi connectivity index (χ0n) is 9.16. The van der Waals surface area contributed by atoms with Crippen LogP contribution in [0.4, 0.5) is 4.39 Å². The van der Waals surface area contributed by atoms with E-state index in [1.165, 1.54) is 6.07 Å². The summed E-state index contributed by atoms with van der Waals surface area (Å²) >= 11 is 3.06. The second-order valence-corrected chi connectivity index (χ2v) is 4.88. The number of Topliss-reactive ketones (excluding diaryl/α,β-unsaturated/α-hetero) is 1. The van der Waals surface area contributed by atoms with Crippen LogP contribution in [0.1, 0.15) is 23.2 Å². The number of ketones is 1. The molecule has 0 bridgehead atoms. The van der Waals surface area contributed by atoms with Crippen LogP contribution in [0, 0.1) is 5.82 Å². The van der Waals surface area contributed by atoms with Gasteiger partial charge in [0, 0.05) is 6.54 Å². The van der Waals surface area contributed by atoms with Crippen LogP contribution in [-0.2, 0) is 4.74 Å². The van der Waals surface area contributed by atoms with Gasteiger partial charge in [-0.25, -0.2) is 4.39 Å². The maximum Gasteiger partial charge on any atom is 0.194 e. The second kappa shape index (κ2) is 5.25. The van der Waals surface area contributed by atoms with Gasteiger partial charge in [-0.1, -0.05) is 6.07 Å². The molecule has 1 aromatic rings. The van der Waals surface area contributed by atoms with Gasteiger partial charge in [-0.2, -0.15) is 0 Å². The summed E-state index contributed by atoms with van der Waals surface area (Å²) in [6.45, 7) is 0.394. The van der Waals surface area contributed by atoms with Crippen LogP contribution in [-0.4, -0.2) is 24.5 Å². The summed E-state index contributed by atoms with van der Waals surface area (Å²) in [4.78, 5) is 12.1. The van der Waals surface area contributed by atoms with E-state index in [4.69, 9.17) is 10.5 Å². The van der Waals surface area contributed by atoms with Crippen molar-refractivity contribution in [3.63, 3.8) is 0 Å². The van der Waals surface area contributed by atoms with Crippen molar-refractivity contribution in [3.8, 4) is 0 Å². The van der Waals surface area contributed by atoms with Crippen LogP contribution < -0.4 is 5.73 Å². The Bertz CT molecular complexity index is 439. The van der Waals surface area contributed by atoms with Crippen molar-refractivity contribution in [3.05, 3.63) is 34.1 Å². The lowest BCUT2D eigenvalue weighted by atomic mass is 10.0. The van der Waals surface area contributed by atoms with Gasteiger partial charge >= 0.3 is 0 Å². The molecule has 0 aromatic heterocycles. The Labute approximate surface area is 107 Å². The molecule has 1 aliphatic rings. The number of carbonyl (C=O) groups excluding carboxylic acids is 1. The highest BCUT2D eigenvalue weighted by Gasteiger charge is 2.31. The van der Waals surface area contributed by atoms with Gasteiger partial charge in [-0.05, 0) is 40.9 Å². The first-order valence-electron chi connectivity index (χ1n) is 5.47. The summed E-state index contributed by atoms with van der Waals surface area (Å²) in [6, 6.07) is 4.67. The molecule has 2 N–H and O–H groups in total. The lowest BCUT2D eigenvalue weighted by Gasteiger charge is -2.12. The van der Waals surface area contributed by atoms with Gasteiger partial charge in [0.25, 0.3) is 0 Å². The minimum absolute atomic E-state index is 0.0713. The van der Waals surface area contributed by atoms with Gasteiger partial charge in [-0.15, -0.1) is 0 Å². The van der Waals surface area contributed by atoms with Crippen molar-refractivity contribution < 1.29 is 13.9 Å². The van der Waals surface area contributed by atoms with Gasteiger partial charge in [0.15, 0.2) is 5.78 Å². The number of halogens is 2. The fourth-order valence-corrected chi connectivity index (χ4v) is 2.31. The van der Waals surface area contributed by atoms with E-state index in [1.807, 2.05) is 0 Å². The molecule has 0 radical (unpaired) electrons. The number of ether oxygens (including phenoxy) is 1. The molecular formula is C12H13BrFNO2. The maximum absolute atomic E-state index is 13.7. The number of benzene rings is 1. The number of rotatable bonds is 3. The zero-order chi connectivity index (χ0) is 12.4. The second-order valence-electron chi connectivity index (χ2n) is 4.03. The van der Waals surface area contributed by atoms with E-state index in [2.05, 4.69) is 15.9 Å². The van der Waals surface area contributed by atoms with E-state index < -0.39 is 11.9 Å². The average molecular weight is 302 g/mol. The largest absolute Gasteiger partial charge is 0.366 e. The smallest absolute Gasteiger partial charge is 0.194 e. The van der Waals surface area contributed by atoms with Crippen LogP contribution in [0.25, 0.3) is 0 Å². The van der Waals surface area contributed by atoms with Gasteiger partial charge in [-0.3, -0.25) is 4.79 Å². The monoisotopic (exact) mass is 301 g/mol. The highest BCUT2D eigenvalue weighted by atomic mass is 79.9. The molecule has 92 valence electrons. The Morgan fingerprint density at radius 2 is 2.29 bits per heavy atom. The Morgan fingerprint density at radius 1 is 1.53 bits per heavy atom. The summed E-state index contributed by atoms with van der Waals surface area (Å²) < 4.78 is 19.5. The molecule has 1 aromatic carbocycles. The molecular weight excluding hydrogens is 289 g/mol. The molecule has 2 rings (SSSR count). The number of carbonyl (C=O) groups is 1. The predicted octanol–water partition coefficient (Wildman–Crippen LogP) is 2.28. The standard InChI is InChI=1S/C12H13BrFNO2/c13-9-3-1-2-8(11(9)14)12(16)10-5-4-7(6-15)17-10/h1-3,7,10H,4-6,15H2. The molecule has 5 heteroatoms. The lowest BCUT2D eigenvalue weighted by molar-refractivity contribution is 0.0401. The van der Waals surface area contributed by atoms with Crippen molar-refractivity contribution in [2.24, 2.45) is 5.73 Å². The molecule has 0 spiro atoms. The molecule has 0 amide bonds. The highest BCUT2D eigenvalue weighted by molar-refractivity contribution is 9.10. The molecule has 1 heterocycles. The fourth-order valence-electron chi connectivity index (χ4n) is 1.94. The minimum atomic E-state index is -0.563. The Kier molecular flexibility index (Phi) is 3.91. The SMILES string of the molecule is NCC1CCC(C(=O)c2cccc(Br)c2F)O1. The summed E-state index contributed by atoms with van der Waals surface area (Å²) in [6.07, 6.45) is 0.710. The summed E-state index contributed by atoms with van der Waals surface area (Å²) in [7, 11) is 0. The van der Waals surface area contributed by atoms with Crippen LogP contribution in [0.5, 0.6) is 0 Å². The van der Waals surface area contributed by atoms with Crippen molar-refractivity contribution in [1.29, 1.82) is 0 Å². The average Bonchev–Trinajstić information content (AvgIpc) is 2.80. The lowest BCUT2D eigenvalue weighted by Crippen LogP contribution is -2.25. The molecule has 1 aliphatic heterocycles. The first-order valence-corrected chi connectivity index (χ1v) is 6.26. The highest BCUT2D eigenvalue weighted by Crippen LogP contribution is 2.25. The van der Waals surface area contributed by atoms with E-state index in [1.54, 1.807) is 12.1 Å². The molecule has 3 nitrogen and oxygen atoms in total. The number of nitrogens with two attached hydrogens (primary N) is 1. The first kappa shape index (κ1) is 12.7. The predicted molar refractivity (Wildman–Crippen MR) is 65.4 cm³/mol. The quantitative estimate of drug-likeness (QED) is 0.872. The van der Waals surface area contributed by atoms with Gasteiger partial charge < -0.3 is 10.5 Å². The molecule has 0 saturated carbocycles. The topological polar surface area (TPSA) is 52.3 Å². The molecule has 2 atom stereocenters. The number of hydrogen-bond acceptors (Lipinski definition) is 3. The summed E-state index contributed by atoms with van der Waals surface area (Å²) in [5.41, 5.74) is 5.54. The minimum Gasteiger partial charge on any atom is -0.366 e. The van der Waals surface area contributed by atoms with Gasteiger partial charge in [0.1, 0.15) is 11.9 Å². The van der Waals surface area contributed by atoms with Crippen molar-refractivity contribution >= 4 is 21.7 Å². The zero-order valence-corrected chi connectivity index (χ0v) is 10.7. The van der Waals surface area contributed by atoms with Crippen LogP contribution in [0.15, 0.2) is 22.7 Å². The number of hydrogen-bond donors (Lipinski definition) is 1. The van der Waals surface area contributed by atoms with Gasteiger partial charge in [0.05, 0.1) is 16.1 Å². The Balaban J connectivity index is 2.18. The van der Waals surface area contributed by atoms with E-state index in [-0.39, 0.29) is 21.9 Å². The molecule has 0 aliphatic carbocycles. The fraction of sp³-hybridized carbons (Fsp3) is 0.417. The third-order valence-electron chi connectivity index (χ3n) is 2.88. The van der Waals surface area contributed by atoms with Crippen LogP contribution in [0.3, 0.4) is 0 Å². The van der Waals surface area contributed by atoms with Gasteiger partial charge in [0.2, 0.25) is 0 Å². The summed E-state index contributed by atoms with van der Waals surface area (Å²) in [5, 5.41) is 0. The normalized spacial score (nSPS) is 23.9. The van der Waals surface area contributed by atoms with E-state index in [0.29, 0.717) is 13.0 Å². The van der Waals surface area contributed by atoms with Crippen LogP contribution in [0.2, 0.25) is 0 Å². The Morgan fingerprint density at radius 3 is 2.94 bits per heavy atom. The third-order valence-corrected chi connectivity index (χ3v) is 3.49. The third kappa shape index (κ3) is 2.56. The van der Waals surface area contributed by atoms with Crippen molar-refractivity contribution in [2.45, 2.75) is 25.0 Å². The van der Waals surface area contributed by atoms with E-state index >= 15 is 0 Å². The molecule has 2 unspecified atom stereocenters. The van der Waals surface area contributed by atoms with Crippen LogP contribution >= 0.6 is 15.9 Å². The molecule has 1 saturated heterocycles. The van der Waals surface area contributed by atoms with E-state index in [0.717, 1.165) is 6.42 Å².